The fourth-order valence-corrected chi connectivity index (χ4v) is 4.27. The molecule has 1 aromatic carbocycles. The number of carbonyl (C=O) groups excluding carboxylic acids is 2. The number of sulfone groups is 1. The molecule has 1 aliphatic heterocycles. The van der Waals surface area contributed by atoms with Gasteiger partial charge in [0.25, 0.3) is 5.91 Å². The summed E-state index contributed by atoms with van der Waals surface area (Å²) in [5.41, 5.74) is 0.270. The van der Waals surface area contributed by atoms with Gasteiger partial charge in [0.05, 0.1) is 31.3 Å². The summed E-state index contributed by atoms with van der Waals surface area (Å²) in [7, 11) is -3.09. The molecule has 1 unspecified atom stereocenters. The monoisotopic (exact) mass is 442 g/mol. The first kappa shape index (κ1) is 23.8. The van der Waals surface area contributed by atoms with Gasteiger partial charge in [-0.15, -0.1) is 0 Å². The van der Waals surface area contributed by atoms with Crippen molar-refractivity contribution in [3.05, 3.63) is 17.7 Å². The molecule has 168 valence electrons. The molecule has 2 amide bonds. The van der Waals surface area contributed by atoms with Crippen LogP contribution in [0.4, 0.5) is 0 Å². The Morgan fingerprint density at radius 1 is 1.00 bits per heavy atom. The standard InChI is InChI=1S/C20H30N2O7S/c1-5-27-16-12-15(13-17(28-6-2)18(16)29-7-3)19(23)21-14(4)20(24)22-8-10-30(25,26)11-9-22/h12-14H,5-11H2,1-4H3,(H,21,23). The third-order valence-corrected chi connectivity index (χ3v) is 6.15. The van der Waals surface area contributed by atoms with Crippen LogP contribution in [-0.2, 0) is 14.6 Å². The van der Waals surface area contributed by atoms with Gasteiger partial charge in [0, 0.05) is 18.7 Å². The van der Waals surface area contributed by atoms with Gasteiger partial charge in [0.2, 0.25) is 11.7 Å². The smallest absolute Gasteiger partial charge is 0.252 e. The van der Waals surface area contributed by atoms with Gasteiger partial charge in [-0.3, -0.25) is 9.59 Å². The lowest BCUT2D eigenvalue weighted by molar-refractivity contribution is -0.132. The summed E-state index contributed by atoms with van der Waals surface area (Å²) in [4.78, 5) is 26.9. The molecule has 0 saturated carbocycles. The highest BCUT2D eigenvalue weighted by Crippen LogP contribution is 2.39. The van der Waals surface area contributed by atoms with E-state index in [-0.39, 0.29) is 36.1 Å². The lowest BCUT2D eigenvalue weighted by Crippen LogP contribution is -2.51. The van der Waals surface area contributed by atoms with Crippen molar-refractivity contribution < 1.29 is 32.2 Å². The first-order valence-electron chi connectivity index (χ1n) is 10.1. The van der Waals surface area contributed by atoms with Crippen LogP contribution >= 0.6 is 0 Å². The Labute approximate surface area is 177 Å². The van der Waals surface area contributed by atoms with Crippen LogP contribution in [0.15, 0.2) is 12.1 Å². The molecule has 0 aliphatic carbocycles. The average molecular weight is 443 g/mol. The number of nitrogens with one attached hydrogen (secondary N) is 1. The van der Waals surface area contributed by atoms with Crippen LogP contribution in [-0.4, -0.2) is 75.6 Å². The predicted molar refractivity (Wildman–Crippen MR) is 112 cm³/mol. The van der Waals surface area contributed by atoms with Gasteiger partial charge in [0.15, 0.2) is 21.3 Å². The molecule has 0 spiro atoms. The summed E-state index contributed by atoms with van der Waals surface area (Å²) in [5.74, 6) is 0.286. The summed E-state index contributed by atoms with van der Waals surface area (Å²) in [6, 6.07) is 2.30. The Morgan fingerprint density at radius 3 is 1.97 bits per heavy atom. The Kier molecular flexibility index (Phi) is 8.33. The third-order valence-electron chi connectivity index (χ3n) is 4.55. The summed E-state index contributed by atoms with van der Waals surface area (Å²) in [6.07, 6.45) is 0. The zero-order valence-corrected chi connectivity index (χ0v) is 18.7. The molecule has 1 N–H and O–H groups in total. The van der Waals surface area contributed by atoms with Gasteiger partial charge in [-0.25, -0.2) is 8.42 Å². The number of hydrogen-bond donors (Lipinski definition) is 1. The van der Waals surface area contributed by atoms with E-state index >= 15 is 0 Å². The van der Waals surface area contributed by atoms with Crippen molar-refractivity contribution in [3.8, 4) is 17.2 Å². The molecule has 1 saturated heterocycles. The van der Waals surface area contributed by atoms with Crippen LogP contribution in [0.3, 0.4) is 0 Å². The van der Waals surface area contributed by atoms with Gasteiger partial charge in [-0.1, -0.05) is 0 Å². The zero-order chi connectivity index (χ0) is 22.3. The molecule has 0 bridgehead atoms. The first-order valence-corrected chi connectivity index (χ1v) is 11.9. The molecule has 30 heavy (non-hydrogen) atoms. The highest BCUT2D eigenvalue weighted by molar-refractivity contribution is 7.91. The van der Waals surface area contributed by atoms with Crippen molar-refractivity contribution in [2.75, 3.05) is 44.4 Å². The molecular weight excluding hydrogens is 412 g/mol. The number of rotatable bonds is 9. The van der Waals surface area contributed by atoms with Crippen molar-refractivity contribution in [2.24, 2.45) is 0 Å². The minimum Gasteiger partial charge on any atom is -0.490 e. The van der Waals surface area contributed by atoms with Crippen LogP contribution in [0, 0.1) is 0 Å². The van der Waals surface area contributed by atoms with E-state index in [1.54, 1.807) is 19.1 Å². The van der Waals surface area contributed by atoms with Crippen LogP contribution in [0.5, 0.6) is 17.2 Å². The normalized spacial score (nSPS) is 16.5. The van der Waals surface area contributed by atoms with E-state index in [1.807, 2.05) is 20.8 Å². The van der Waals surface area contributed by atoms with E-state index in [2.05, 4.69) is 5.32 Å². The molecule has 0 radical (unpaired) electrons. The third kappa shape index (κ3) is 6.01. The lowest BCUT2D eigenvalue weighted by atomic mass is 10.1. The molecule has 0 aromatic heterocycles. The van der Waals surface area contributed by atoms with Gasteiger partial charge < -0.3 is 24.4 Å². The van der Waals surface area contributed by atoms with E-state index in [1.165, 1.54) is 4.90 Å². The summed E-state index contributed by atoms with van der Waals surface area (Å²) in [5, 5.41) is 2.67. The number of hydrogen-bond acceptors (Lipinski definition) is 7. The second-order valence-electron chi connectivity index (χ2n) is 6.77. The van der Waals surface area contributed by atoms with Gasteiger partial charge >= 0.3 is 0 Å². The molecule has 10 heteroatoms. The fraction of sp³-hybridized carbons (Fsp3) is 0.600. The minimum absolute atomic E-state index is 0.0618. The second kappa shape index (κ2) is 10.5. The molecule has 1 aliphatic rings. The van der Waals surface area contributed by atoms with E-state index in [0.717, 1.165) is 0 Å². The number of benzene rings is 1. The largest absolute Gasteiger partial charge is 0.490 e. The number of nitrogens with zero attached hydrogens (tertiary/aromatic N) is 1. The number of carbonyl (C=O) groups is 2. The Hall–Kier alpha value is -2.49. The second-order valence-corrected chi connectivity index (χ2v) is 9.08. The molecule has 1 atom stereocenters. The topological polar surface area (TPSA) is 111 Å². The average Bonchev–Trinajstić information content (AvgIpc) is 2.70. The predicted octanol–water partition coefficient (Wildman–Crippen LogP) is 1.26. The number of ether oxygens (including phenoxy) is 3. The van der Waals surface area contributed by atoms with Crippen LogP contribution in [0.25, 0.3) is 0 Å². The van der Waals surface area contributed by atoms with Crippen LogP contribution in [0.2, 0.25) is 0 Å². The molecule has 1 fully saturated rings. The van der Waals surface area contributed by atoms with Gasteiger partial charge in [0.1, 0.15) is 6.04 Å². The van der Waals surface area contributed by atoms with Crippen molar-refractivity contribution in [3.63, 3.8) is 0 Å². The van der Waals surface area contributed by atoms with Crippen molar-refractivity contribution in [1.29, 1.82) is 0 Å². The zero-order valence-electron chi connectivity index (χ0n) is 17.9. The molecule has 1 aromatic rings. The van der Waals surface area contributed by atoms with E-state index < -0.39 is 21.8 Å². The first-order chi connectivity index (χ1) is 14.2. The quantitative estimate of drug-likeness (QED) is 0.613. The van der Waals surface area contributed by atoms with Gasteiger partial charge in [-0.2, -0.15) is 0 Å². The maximum atomic E-state index is 12.8. The van der Waals surface area contributed by atoms with Crippen molar-refractivity contribution in [2.45, 2.75) is 33.7 Å². The maximum absolute atomic E-state index is 12.8. The minimum atomic E-state index is -3.09. The molecular formula is C20H30N2O7S. The van der Waals surface area contributed by atoms with Crippen LogP contribution in [0.1, 0.15) is 38.1 Å². The van der Waals surface area contributed by atoms with E-state index in [4.69, 9.17) is 14.2 Å². The SMILES string of the molecule is CCOc1cc(C(=O)NC(C)C(=O)N2CCS(=O)(=O)CC2)cc(OCC)c1OCC. The molecule has 1 heterocycles. The maximum Gasteiger partial charge on any atom is 0.252 e. The molecule has 9 nitrogen and oxygen atoms in total. The summed E-state index contributed by atoms with van der Waals surface area (Å²) in [6.45, 7) is 8.48. The van der Waals surface area contributed by atoms with Crippen molar-refractivity contribution >= 4 is 21.7 Å². The Morgan fingerprint density at radius 2 is 1.50 bits per heavy atom. The Bertz CT molecular complexity index is 829. The van der Waals surface area contributed by atoms with Gasteiger partial charge in [-0.05, 0) is 39.8 Å². The summed E-state index contributed by atoms with van der Waals surface area (Å²) < 4.78 is 40.0. The Balaban J connectivity index is 2.17. The summed E-state index contributed by atoms with van der Waals surface area (Å²) >= 11 is 0. The van der Waals surface area contributed by atoms with E-state index in [0.29, 0.717) is 37.1 Å². The van der Waals surface area contributed by atoms with Crippen molar-refractivity contribution in [1.82, 2.24) is 10.2 Å². The van der Waals surface area contributed by atoms with E-state index in [9.17, 15) is 18.0 Å². The van der Waals surface area contributed by atoms with Crippen LogP contribution < -0.4 is 19.5 Å². The molecule has 2 rings (SSSR count). The highest BCUT2D eigenvalue weighted by atomic mass is 32.2. The fourth-order valence-electron chi connectivity index (χ4n) is 3.07. The number of amides is 2. The highest BCUT2D eigenvalue weighted by Gasteiger charge is 2.29. The lowest BCUT2D eigenvalue weighted by Gasteiger charge is -2.29.